The third-order valence-corrected chi connectivity index (χ3v) is 5.35. The Morgan fingerprint density at radius 2 is 1.89 bits per heavy atom. The maximum Gasteiger partial charge on any atom is 0.0687 e. The number of nitrogens with two attached hydrogens (primary N) is 1. The first-order valence-corrected chi connectivity index (χ1v) is 7.72. The van der Waals surface area contributed by atoms with Crippen LogP contribution in [-0.4, -0.2) is 31.5 Å². The molecule has 3 fully saturated rings. The molecule has 0 aromatic carbocycles. The molecule has 0 radical (unpaired) electrons. The summed E-state index contributed by atoms with van der Waals surface area (Å²) >= 11 is 0. The highest BCUT2D eigenvalue weighted by atomic mass is 16.5. The number of rotatable bonds is 3. The second-order valence-electron chi connectivity index (χ2n) is 6.73. The molecule has 18 heavy (non-hydrogen) atoms. The monoisotopic (exact) mass is 253 g/mol. The Morgan fingerprint density at radius 3 is 2.56 bits per heavy atom. The summed E-state index contributed by atoms with van der Waals surface area (Å²) in [7, 11) is 0. The molecule has 3 rings (SSSR count). The van der Waals surface area contributed by atoms with Crippen LogP contribution in [0.2, 0.25) is 0 Å². The van der Waals surface area contributed by atoms with Gasteiger partial charge in [-0.2, -0.15) is 0 Å². The topological polar surface area (TPSA) is 44.5 Å². The molecule has 2 aliphatic heterocycles. The lowest BCUT2D eigenvalue weighted by Crippen LogP contribution is -2.41. The van der Waals surface area contributed by atoms with E-state index in [2.05, 4.69) is 0 Å². The number of ether oxygens (including phenoxy) is 2. The van der Waals surface area contributed by atoms with Gasteiger partial charge in [0.1, 0.15) is 0 Å². The Bertz CT molecular complexity index is 280. The summed E-state index contributed by atoms with van der Waals surface area (Å²) in [5, 5.41) is 0. The van der Waals surface area contributed by atoms with Crippen LogP contribution in [0.5, 0.6) is 0 Å². The van der Waals surface area contributed by atoms with Gasteiger partial charge in [0.25, 0.3) is 0 Å². The predicted molar refractivity (Wildman–Crippen MR) is 71.5 cm³/mol. The van der Waals surface area contributed by atoms with Crippen molar-refractivity contribution >= 4 is 0 Å². The van der Waals surface area contributed by atoms with E-state index < -0.39 is 0 Å². The van der Waals surface area contributed by atoms with E-state index in [-0.39, 0.29) is 11.0 Å². The molecule has 3 heteroatoms. The minimum absolute atomic E-state index is 0.201. The van der Waals surface area contributed by atoms with Crippen LogP contribution in [0.1, 0.15) is 57.8 Å². The summed E-state index contributed by atoms with van der Waals surface area (Å²) in [5.41, 5.74) is 6.49. The van der Waals surface area contributed by atoms with Crippen LogP contribution in [0.25, 0.3) is 0 Å². The smallest absolute Gasteiger partial charge is 0.0687 e. The number of hydrogen-bond donors (Lipinski definition) is 1. The van der Waals surface area contributed by atoms with Gasteiger partial charge in [-0.3, -0.25) is 0 Å². The zero-order valence-electron chi connectivity index (χ0n) is 11.5. The first-order chi connectivity index (χ1) is 8.76. The van der Waals surface area contributed by atoms with Gasteiger partial charge in [-0.05, 0) is 44.9 Å². The molecule has 1 spiro atoms. The van der Waals surface area contributed by atoms with E-state index in [1.165, 1.54) is 44.9 Å². The van der Waals surface area contributed by atoms with Gasteiger partial charge in [-0.15, -0.1) is 0 Å². The van der Waals surface area contributed by atoms with E-state index in [1.54, 1.807) is 0 Å². The van der Waals surface area contributed by atoms with Crippen molar-refractivity contribution in [2.24, 2.45) is 11.1 Å². The average Bonchev–Trinajstić information content (AvgIpc) is 3.02. The Morgan fingerprint density at radius 1 is 1.06 bits per heavy atom. The normalized spacial score (nSPS) is 39.5. The molecule has 1 saturated carbocycles. The van der Waals surface area contributed by atoms with E-state index in [4.69, 9.17) is 15.2 Å². The van der Waals surface area contributed by atoms with Gasteiger partial charge in [0.05, 0.1) is 18.3 Å². The summed E-state index contributed by atoms with van der Waals surface area (Å²) in [6.45, 7) is 2.51. The van der Waals surface area contributed by atoms with E-state index in [0.717, 1.165) is 32.6 Å². The molecule has 2 saturated heterocycles. The van der Waals surface area contributed by atoms with Gasteiger partial charge in [-0.25, -0.2) is 0 Å². The Hall–Kier alpha value is -0.120. The first-order valence-electron chi connectivity index (χ1n) is 7.72. The highest BCUT2D eigenvalue weighted by Gasteiger charge is 2.45. The summed E-state index contributed by atoms with van der Waals surface area (Å²) < 4.78 is 12.1. The molecule has 3 aliphatic rings. The van der Waals surface area contributed by atoms with Crippen LogP contribution in [-0.2, 0) is 9.47 Å². The van der Waals surface area contributed by atoms with Crippen LogP contribution in [0.15, 0.2) is 0 Å². The van der Waals surface area contributed by atoms with Crippen molar-refractivity contribution in [3.63, 3.8) is 0 Å². The molecular weight excluding hydrogens is 226 g/mol. The lowest BCUT2D eigenvalue weighted by Gasteiger charge is -2.38. The quantitative estimate of drug-likeness (QED) is 0.841. The van der Waals surface area contributed by atoms with E-state index in [9.17, 15) is 0 Å². The van der Waals surface area contributed by atoms with E-state index >= 15 is 0 Å². The summed E-state index contributed by atoms with van der Waals surface area (Å²) in [6, 6.07) is 0. The van der Waals surface area contributed by atoms with Crippen molar-refractivity contribution in [2.75, 3.05) is 19.8 Å². The zero-order valence-corrected chi connectivity index (χ0v) is 11.5. The van der Waals surface area contributed by atoms with Crippen LogP contribution in [0, 0.1) is 5.41 Å². The van der Waals surface area contributed by atoms with Crippen LogP contribution in [0.4, 0.5) is 0 Å². The third kappa shape index (κ3) is 2.45. The third-order valence-electron chi connectivity index (χ3n) is 5.35. The maximum atomic E-state index is 6.43. The second-order valence-corrected chi connectivity index (χ2v) is 6.73. The molecule has 0 aromatic rings. The van der Waals surface area contributed by atoms with Crippen molar-refractivity contribution < 1.29 is 9.47 Å². The van der Waals surface area contributed by atoms with Crippen molar-refractivity contribution in [1.82, 2.24) is 0 Å². The second kappa shape index (κ2) is 5.10. The van der Waals surface area contributed by atoms with Gasteiger partial charge in [0, 0.05) is 18.6 Å². The standard InChI is InChI=1S/C15H27NO2/c16-11-14(5-3-9-17-12-14)10-13-4-8-15(18-13)6-1-2-7-15/h13H,1-12,16H2. The summed E-state index contributed by atoms with van der Waals surface area (Å²) in [6.07, 6.45) is 11.7. The van der Waals surface area contributed by atoms with Crippen molar-refractivity contribution in [1.29, 1.82) is 0 Å². The molecule has 0 bridgehead atoms. The molecule has 2 heterocycles. The minimum atomic E-state index is 0.201. The lowest BCUT2D eigenvalue weighted by atomic mass is 9.77. The molecule has 1 aliphatic carbocycles. The molecule has 2 atom stereocenters. The van der Waals surface area contributed by atoms with Crippen molar-refractivity contribution in [3.8, 4) is 0 Å². The number of hydrogen-bond acceptors (Lipinski definition) is 3. The van der Waals surface area contributed by atoms with Crippen LogP contribution < -0.4 is 5.73 Å². The van der Waals surface area contributed by atoms with Crippen LogP contribution >= 0.6 is 0 Å². The van der Waals surface area contributed by atoms with Gasteiger partial charge in [-0.1, -0.05) is 12.8 Å². The van der Waals surface area contributed by atoms with Crippen molar-refractivity contribution in [3.05, 3.63) is 0 Å². The predicted octanol–water partition coefficient (Wildman–Crippen LogP) is 2.62. The van der Waals surface area contributed by atoms with Gasteiger partial charge in [0.15, 0.2) is 0 Å². The fourth-order valence-corrected chi connectivity index (χ4v) is 4.22. The molecule has 104 valence electrons. The Kier molecular flexibility index (Phi) is 3.65. The highest BCUT2D eigenvalue weighted by Crippen LogP contribution is 2.46. The SMILES string of the molecule is NCC1(CC2CCC3(CCCC3)O2)CCCOC1. The van der Waals surface area contributed by atoms with Gasteiger partial charge in [0.2, 0.25) is 0 Å². The average molecular weight is 253 g/mol. The van der Waals surface area contributed by atoms with Crippen LogP contribution in [0.3, 0.4) is 0 Å². The highest BCUT2D eigenvalue weighted by molar-refractivity contribution is 4.95. The maximum absolute atomic E-state index is 6.43. The minimum Gasteiger partial charge on any atom is -0.381 e. The van der Waals surface area contributed by atoms with E-state index in [1.807, 2.05) is 0 Å². The molecule has 0 aromatic heterocycles. The van der Waals surface area contributed by atoms with Gasteiger partial charge >= 0.3 is 0 Å². The molecule has 3 nitrogen and oxygen atoms in total. The van der Waals surface area contributed by atoms with Crippen molar-refractivity contribution in [2.45, 2.75) is 69.5 Å². The molecule has 2 N–H and O–H groups in total. The largest absolute Gasteiger partial charge is 0.381 e. The molecule has 2 unspecified atom stereocenters. The lowest BCUT2D eigenvalue weighted by molar-refractivity contribution is -0.0772. The zero-order chi connectivity index (χ0) is 12.5. The Labute approximate surface area is 110 Å². The fourth-order valence-electron chi connectivity index (χ4n) is 4.22. The molecule has 0 amide bonds. The molecular formula is C15H27NO2. The summed E-state index contributed by atoms with van der Waals surface area (Å²) in [5.74, 6) is 0. The fraction of sp³-hybridized carbons (Fsp3) is 1.00. The summed E-state index contributed by atoms with van der Waals surface area (Å²) in [4.78, 5) is 0. The Balaban J connectivity index is 1.59. The van der Waals surface area contributed by atoms with E-state index in [0.29, 0.717) is 6.10 Å². The van der Waals surface area contributed by atoms with Gasteiger partial charge < -0.3 is 15.2 Å². The first kappa shape index (κ1) is 12.9.